The van der Waals surface area contributed by atoms with Gasteiger partial charge in [0.2, 0.25) is 0 Å². The highest BCUT2D eigenvalue weighted by Gasteiger charge is 2.04. The van der Waals surface area contributed by atoms with E-state index >= 15 is 0 Å². The summed E-state index contributed by atoms with van der Waals surface area (Å²) in [4.78, 5) is 29.5. The Labute approximate surface area is 163 Å². The van der Waals surface area contributed by atoms with Crippen molar-refractivity contribution in [3.05, 3.63) is 59.7 Å². The number of oxime groups is 1. The topological polar surface area (TPSA) is 79.8 Å². The number of nitrogens with zero attached hydrogens (tertiary/aromatic N) is 1. The normalized spacial score (nSPS) is 10.6. The van der Waals surface area contributed by atoms with Crippen molar-refractivity contribution in [1.29, 1.82) is 0 Å². The Morgan fingerprint density at radius 2 is 1.93 bits per heavy atom. The molecule has 0 fully saturated rings. The van der Waals surface area contributed by atoms with Gasteiger partial charge < -0.3 is 15.5 Å². The number of carbonyl (C=O) groups excluding carboxylic acids is 2. The summed E-state index contributed by atoms with van der Waals surface area (Å²) >= 11 is 1.66. The van der Waals surface area contributed by atoms with E-state index in [1.54, 1.807) is 11.8 Å². The summed E-state index contributed by atoms with van der Waals surface area (Å²) in [5.74, 6) is 0.0642. The van der Waals surface area contributed by atoms with Crippen LogP contribution in [0.15, 0.2) is 58.6 Å². The molecule has 0 aliphatic rings. The minimum Gasteiger partial charge on any atom is -0.386 e. The van der Waals surface area contributed by atoms with Crippen molar-refractivity contribution in [1.82, 2.24) is 5.32 Å². The summed E-state index contributed by atoms with van der Waals surface area (Å²) < 4.78 is 0. The van der Waals surface area contributed by atoms with Crippen LogP contribution in [0.4, 0.5) is 5.69 Å². The van der Waals surface area contributed by atoms with Crippen LogP contribution in [-0.4, -0.2) is 36.9 Å². The number of nitrogens with one attached hydrogen (secondary N) is 2. The van der Waals surface area contributed by atoms with Gasteiger partial charge in [-0.15, -0.1) is 11.8 Å². The zero-order valence-electron chi connectivity index (χ0n) is 15.4. The lowest BCUT2D eigenvalue weighted by Crippen LogP contribution is -2.29. The number of carbonyl (C=O) groups is 2. The Hall–Kier alpha value is -2.80. The molecule has 27 heavy (non-hydrogen) atoms. The van der Waals surface area contributed by atoms with Crippen molar-refractivity contribution < 1.29 is 14.4 Å². The summed E-state index contributed by atoms with van der Waals surface area (Å²) in [5, 5.41) is 8.97. The Balaban J connectivity index is 1.60. The molecule has 2 amide bonds. The van der Waals surface area contributed by atoms with Gasteiger partial charge in [0.1, 0.15) is 6.21 Å². The average molecular weight is 385 g/mol. The van der Waals surface area contributed by atoms with E-state index in [0.717, 1.165) is 28.0 Å². The summed E-state index contributed by atoms with van der Waals surface area (Å²) in [6.07, 6.45) is 1.01. The van der Waals surface area contributed by atoms with Crippen LogP contribution >= 0.6 is 11.8 Å². The van der Waals surface area contributed by atoms with Crippen molar-refractivity contribution in [2.45, 2.75) is 18.7 Å². The van der Waals surface area contributed by atoms with Gasteiger partial charge in [0.05, 0.1) is 0 Å². The molecule has 0 unspecified atom stereocenters. The monoisotopic (exact) mass is 385 g/mol. The highest BCUT2D eigenvalue weighted by Crippen LogP contribution is 2.16. The third-order valence-electron chi connectivity index (χ3n) is 3.52. The smallest absolute Gasteiger partial charge is 0.270 e. The zero-order valence-corrected chi connectivity index (χ0v) is 16.2. The number of anilines is 1. The molecule has 0 bridgehead atoms. The highest BCUT2D eigenvalue weighted by molar-refractivity contribution is 7.99. The molecule has 2 aromatic carbocycles. The fraction of sp³-hybridized carbons (Fsp3) is 0.250. The van der Waals surface area contributed by atoms with Crippen LogP contribution in [0.3, 0.4) is 0 Å². The van der Waals surface area contributed by atoms with Gasteiger partial charge in [-0.25, -0.2) is 0 Å². The molecule has 0 heterocycles. The lowest BCUT2D eigenvalue weighted by Gasteiger charge is -2.06. The molecule has 0 aliphatic heterocycles. The molecule has 0 spiro atoms. The first-order valence-electron chi connectivity index (χ1n) is 8.52. The van der Waals surface area contributed by atoms with Crippen LogP contribution < -0.4 is 10.6 Å². The molecule has 0 radical (unpaired) electrons. The van der Waals surface area contributed by atoms with Gasteiger partial charge in [-0.1, -0.05) is 41.1 Å². The number of hydrogen-bond acceptors (Lipinski definition) is 5. The van der Waals surface area contributed by atoms with Gasteiger partial charge in [0.15, 0.2) is 6.61 Å². The van der Waals surface area contributed by atoms with Crippen LogP contribution in [0.25, 0.3) is 0 Å². The number of thioether (sulfide) groups is 1. The SMILES string of the molecule is Cc1ccc(NC(=O)/C=N\OCC(=O)NCCSc2ccccc2)c(C)c1. The molecule has 142 valence electrons. The van der Waals surface area contributed by atoms with E-state index in [-0.39, 0.29) is 12.5 Å². The first-order valence-corrected chi connectivity index (χ1v) is 9.51. The van der Waals surface area contributed by atoms with Gasteiger partial charge in [0.25, 0.3) is 11.8 Å². The van der Waals surface area contributed by atoms with E-state index in [1.165, 1.54) is 0 Å². The molecule has 2 aromatic rings. The number of hydrogen-bond donors (Lipinski definition) is 2. The zero-order chi connectivity index (χ0) is 19.5. The summed E-state index contributed by atoms with van der Waals surface area (Å²) in [5.41, 5.74) is 2.80. The molecular formula is C20H23N3O3S. The first-order chi connectivity index (χ1) is 13.0. The number of rotatable bonds is 9. The van der Waals surface area contributed by atoms with Gasteiger partial charge in [-0.05, 0) is 37.6 Å². The standard InChI is InChI=1S/C20H23N3O3S/c1-15-8-9-18(16(2)12-15)23-19(24)13-22-26-14-20(25)21-10-11-27-17-6-4-3-5-7-17/h3-9,12-13H,10-11,14H2,1-2H3,(H,21,25)(H,23,24)/b22-13-. The molecule has 2 N–H and O–H groups in total. The first kappa shape index (κ1) is 20.5. The number of benzene rings is 2. The maximum absolute atomic E-state index is 11.8. The molecule has 0 saturated carbocycles. The van der Waals surface area contributed by atoms with E-state index in [4.69, 9.17) is 4.84 Å². The number of amides is 2. The Bertz CT molecular complexity index is 794. The molecule has 2 rings (SSSR count). The van der Waals surface area contributed by atoms with Crippen LogP contribution in [0, 0.1) is 13.8 Å². The fourth-order valence-corrected chi connectivity index (χ4v) is 3.02. The van der Waals surface area contributed by atoms with Crippen LogP contribution in [-0.2, 0) is 14.4 Å². The van der Waals surface area contributed by atoms with E-state index in [2.05, 4.69) is 15.8 Å². The fourth-order valence-electron chi connectivity index (χ4n) is 2.23. The minimum absolute atomic E-state index is 0.233. The van der Waals surface area contributed by atoms with Crippen molar-refractivity contribution >= 4 is 35.5 Å². The second kappa shape index (κ2) is 11.0. The van der Waals surface area contributed by atoms with Crippen LogP contribution in [0.1, 0.15) is 11.1 Å². The average Bonchev–Trinajstić information content (AvgIpc) is 2.65. The van der Waals surface area contributed by atoms with Gasteiger partial charge in [0, 0.05) is 22.9 Å². The Morgan fingerprint density at radius 1 is 1.15 bits per heavy atom. The number of aryl methyl sites for hydroxylation is 2. The predicted octanol–water partition coefficient (Wildman–Crippen LogP) is 3.15. The molecule has 0 aromatic heterocycles. The minimum atomic E-state index is -0.415. The van der Waals surface area contributed by atoms with Crippen molar-refractivity contribution in [3.63, 3.8) is 0 Å². The predicted molar refractivity (Wildman–Crippen MR) is 109 cm³/mol. The van der Waals surface area contributed by atoms with Gasteiger partial charge in [-0.2, -0.15) is 0 Å². The molecule has 7 heteroatoms. The largest absolute Gasteiger partial charge is 0.386 e. The lowest BCUT2D eigenvalue weighted by molar-refractivity contribution is -0.125. The highest BCUT2D eigenvalue weighted by atomic mass is 32.2. The maximum atomic E-state index is 11.8. The molecule has 6 nitrogen and oxygen atoms in total. The Kier molecular flexibility index (Phi) is 8.38. The van der Waals surface area contributed by atoms with Crippen molar-refractivity contribution in [2.24, 2.45) is 5.16 Å². The quantitative estimate of drug-likeness (QED) is 0.301. The van der Waals surface area contributed by atoms with E-state index in [0.29, 0.717) is 12.2 Å². The van der Waals surface area contributed by atoms with Gasteiger partial charge >= 0.3 is 0 Å². The molecule has 0 atom stereocenters. The summed E-state index contributed by atoms with van der Waals surface area (Å²) in [6, 6.07) is 15.7. The van der Waals surface area contributed by atoms with E-state index in [1.807, 2.05) is 62.4 Å². The summed E-state index contributed by atoms with van der Waals surface area (Å²) in [7, 11) is 0. The maximum Gasteiger partial charge on any atom is 0.270 e. The van der Waals surface area contributed by atoms with Crippen molar-refractivity contribution in [2.75, 3.05) is 24.2 Å². The molecule has 0 aliphatic carbocycles. The third kappa shape index (κ3) is 7.96. The second-order valence-corrected chi connectivity index (χ2v) is 7.00. The molecule has 0 saturated heterocycles. The van der Waals surface area contributed by atoms with E-state index in [9.17, 15) is 9.59 Å². The van der Waals surface area contributed by atoms with Crippen LogP contribution in [0.2, 0.25) is 0 Å². The molecular weight excluding hydrogens is 362 g/mol. The van der Waals surface area contributed by atoms with E-state index < -0.39 is 5.91 Å². The van der Waals surface area contributed by atoms with Crippen LogP contribution in [0.5, 0.6) is 0 Å². The second-order valence-electron chi connectivity index (χ2n) is 5.83. The third-order valence-corrected chi connectivity index (χ3v) is 4.53. The van der Waals surface area contributed by atoms with Gasteiger partial charge in [-0.3, -0.25) is 9.59 Å². The lowest BCUT2D eigenvalue weighted by atomic mass is 10.1. The van der Waals surface area contributed by atoms with Crippen molar-refractivity contribution in [3.8, 4) is 0 Å². The summed E-state index contributed by atoms with van der Waals surface area (Å²) in [6.45, 7) is 4.19. The Morgan fingerprint density at radius 3 is 2.67 bits per heavy atom.